The maximum absolute atomic E-state index is 13.9. The number of halogens is 2. The summed E-state index contributed by atoms with van der Waals surface area (Å²) in [5.74, 6) is -1.50. The van der Waals surface area contributed by atoms with Gasteiger partial charge in [0.25, 0.3) is 0 Å². The van der Waals surface area contributed by atoms with Gasteiger partial charge in [-0.15, -0.1) is 0 Å². The van der Waals surface area contributed by atoms with E-state index in [9.17, 15) is 22.4 Å². The van der Waals surface area contributed by atoms with Crippen molar-refractivity contribution in [2.24, 2.45) is 0 Å². The number of nitrogens with zero attached hydrogens (tertiary/aromatic N) is 2. The van der Waals surface area contributed by atoms with Crippen molar-refractivity contribution in [3.05, 3.63) is 101 Å². The molecule has 0 saturated carbocycles. The average Bonchev–Trinajstić information content (AvgIpc) is 2.85. The Morgan fingerprint density at radius 2 is 1.58 bits per heavy atom. The third-order valence-corrected chi connectivity index (χ3v) is 7.11. The van der Waals surface area contributed by atoms with E-state index in [4.69, 9.17) is 11.6 Å². The van der Waals surface area contributed by atoms with Gasteiger partial charge in [-0.1, -0.05) is 54.1 Å². The molecule has 10 heteroatoms. The highest BCUT2D eigenvalue weighted by Crippen LogP contribution is 2.21. The number of hydrogen-bond acceptors (Lipinski definition) is 4. The van der Waals surface area contributed by atoms with Gasteiger partial charge >= 0.3 is 0 Å². The van der Waals surface area contributed by atoms with Crippen molar-refractivity contribution >= 4 is 39.1 Å². The first-order chi connectivity index (χ1) is 17.9. The SMILES string of the molecule is CC(C)NC(=O)[C@@H](Cc1ccccc1)N(Cc1cccc(Cl)c1)C(=O)CN(c1ccc(F)cc1)S(C)(=O)=O. The van der Waals surface area contributed by atoms with Crippen molar-refractivity contribution in [3.63, 3.8) is 0 Å². The Morgan fingerprint density at radius 3 is 2.16 bits per heavy atom. The van der Waals surface area contributed by atoms with E-state index in [1.54, 1.807) is 24.3 Å². The maximum Gasteiger partial charge on any atom is 0.244 e. The highest BCUT2D eigenvalue weighted by molar-refractivity contribution is 7.92. The molecule has 0 fully saturated rings. The number of amides is 2. The molecule has 0 aliphatic heterocycles. The summed E-state index contributed by atoms with van der Waals surface area (Å²) in [6.45, 7) is 3.08. The standard InChI is InChI=1S/C28H31ClFN3O4S/c1-20(2)31-28(35)26(17-21-8-5-4-6-9-21)32(18-22-10-7-11-23(29)16-22)27(34)19-33(38(3,36)37)25-14-12-24(30)13-15-25/h4-16,20,26H,17-19H2,1-3H3,(H,31,35)/t26-/m1/s1. The molecule has 0 unspecified atom stereocenters. The Bertz CT molecular complexity index is 1350. The van der Waals surface area contributed by atoms with Crippen molar-refractivity contribution in [1.82, 2.24) is 10.2 Å². The van der Waals surface area contributed by atoms with Gasteiger partial charge in [-0.25, -0.2) is 12.8 Å². The number of hydrogen-bond donors (Lipinski definition) is 1. The third kappa shape index (κ3) is 8.29. The second kappa shape index (κ2) is 12.9. The predicted octanol–water partition coefficient (Wildman–Crippen LogP) is 4.41. The molecule has 2 amide bonds. The number of anilines is 1. The number of nitrogens with one attached hydrogen (secondary N) is 1. The van der Waals surface area contributed by atoms with Crippen LogP contribution in [0.25, 0.3) is 0 Å². The highest BCUT2D eigenvalue weighted by atomic mass is 35.5. The van der Waals surface area contributed by atoms with Gasteiger partial charge in [0.15, 0.2) is 0 Å². The lowest BCUT2D eigenvalue weighted by atomic mass is 10.0. The van der Waals surface area contributed by atoms with E-state index in [0.717, 1.165) is 28.3 Å². The molecule has 3 aromatic carbocycles. The smallest absolute Gasteiger partial charge is 0.244 e. The summed E-state index contributed by atoms with van der Waals surface area (Å²) in [4.78, 5) is 28.7. The van der Waals surface area contributed by atoms with Crippen LogP contribution >= 0.6 is 11.6 Å². The zero-order valence-corrected chi connectivity index (χ0v) is 23.0. The Labute approximate surface area is 228 Å². The van der Waals surface area contributed by atoms with Crippen LogP contribution in [0.15, 0.2) is 78.9 Å². The fourth-order valence-corrected chi connectivity index (χ4v) is 5.05. The molecule has 0 aromatic heterocycles. The zero-order chi connectivity index (χ0) is 27.9. The summed E-state index contributed by atoms with van der Waals surface area (Å²) < 4.78 is 39.8. The molecule has 0 radical (unpaired) electrons. The Kier molecular flexibility index (Phi) is 9.88. The number of carbonyl (C=O) groups excluding carboxylic acids is 2. The summed E-state index contributed by atoms with van der Waals surface area (Å²) in [6, 6.07) is 19.9. The van der Waals surface area contributed by atoms with Crippen LogP contribution in [0.3, 0.4) is 0 Å². The molecule has 1 N–H and O–H groups in total. The lowest BCUT2D eigenvalue weighted by Gasteiger charge is -2.34. The second-order valence-electron chi connectivity index (χ2n) is 9.27. The Morgan fingerprint density at radius 1 is 0.947 bits per heavy atom. The molecule has 3 aromatic rings. The minimum atomic E-state index is -3.92. The van der Waals surface area contributed by atoms with Gasteiger partial charge in [0.1, 0.15) is 18.4 Å². The summed E-state index contributed by atoms with van der Waals surface area (Å²) in [5.41, 5.74) is 1.64. The molecule has 0 aliphatic rings. The molecule has 0 aliphatic carbocycles. The third-order valence-electron chi connectivity index (χ3n) is 5.74. The first kappa shape index (κ1) is 29.1. The summed E-state index contributed by atoms with van der Waals surface area (Å²) in [7, 11) is -3.92. The van der Waals surface area contributed by atoms with Crippen LogP contribution in [0.4, 0.5) is 10.1 Å². The average molecular weight is 560 g/mol. The first-order valence-corrected chi connectivity index (χ1v) is 14.3. The monoisotopic (exact) mass is 559 g/mol. The Balaban J connectivity index is 2.05. The maximum atomic E-state index is 13.9. The van der Waals surface area contributed by atoms with Crippen LogP contribution in [0.1, 0.15) is 25.0 Å². The predicted molar refractivity (Wildman–Crippen MR) is 148 cm³/mol. The fraction of sp³-hybridized carbons (Fsp3) is 0.286. The van der Waals surface area contributed by atoms with Crippen LogP contribution in [-0.4, -0.2) is 50.0 Å². The normalized spacial score (nSPS) is 12.2. The molecule has 7 nitrogen and oxygen atoms in total. The van der Waals surface area contributed by atoms with Crippen molar-refractivity contribution in [1.29, 1.82) is 0 Å². The van der Waals surface area contributed by atoms with E-state index in [2.05, 4.69) is 5.32 Å². The molecule has 0 heterocycles. The van der Waals surface area contributed by atoms with Crippen molar-refractivity contribution in [2.45, 2.75) is 38.9 Å². The van der Waals surface area contributed by atoms with E-state index >= 15 is 0 Å². The summed E-state index contributed by atoms with van der Waals surface area (Å²) in [5, 5.41) is 3.35. The van der Waals surface area contributed by atoms with Crippen LogP contribution in [0.5, 0.6) is 0 Å². The topological polar surface area (TPSA) is 86.8 Å². The van der Waals surface area contributed by atoms with Gasteiger partial charge in [-0.05, 0) is 61.4 Å². The lowest BCUT2D eigenvalue weighted by Crippen LogP contribution is -2.54. The van der Waals surface area contributed by atoms with Gasteiger partial charge in [-0.3, -0.25) is 13.9 Å². The van der Waals surface area contributed by atoms with Crippen LogP contribution in [0, 0.1) is 5.82 Å². The number of carbonyl (C=O) groups is 2. The van der Waals surface area contributed by atoms with Crippen molar-refractivity contribution in [2.75, 3.05) is 17.1 Å². The van der Waals surface area contributed by atoms with E-state index in [-0.39, 0.29) is 30.6 Å². The first-order valence-electron chi connectivity index (χ1n) is 12.1. The fourth-order valence-electron chi connectivity index (χ4n) is 3.99. The zero-order valence-electron chi connectivity index (χ0n) is 21.5. The summed E-state index contributed by atoms with van der Waals surface area (Å²) >= 11 is 6.18. The largest absolute Gasteiger partial charge is 0.352 e. The minimum Gasteiger partial charge on any atom is -0.352 e. The molecular formula is C28H31ClFN3O4S. The Hall–Kier alpha value is -3.43. The van der Waals surface area contributed by atoms with E-state index in [1.165, 1.54) is 17.0 Å². The van der Waals surface area contributed by atoms with E-state index in [0.29, 0.717) is 10.6 Å². The molecule has 0 saturated heterocycles. The van der Waals surface area contributed by atoms with Gasteiger partial charge in [0.2, 0.25) is 21.8 Å². The molecule has 1 atom stereocenters. The second-order valence-corrected chi connectivity index (χ2v) is 11.6. The van der Waals surface area contributed by atoms with Gasteiger partial charge in [0, 0.05) is 24.0 Å². The highest BCUT2D eigenvalue weighted by Gasteiger charge is 2.33. The number of sulfonamides is 1. The summed E-state index contributed by atoms with van der Waals surface area (Å²) in [6.07, 6.45) is 1.18. The van der Waals surface area contributed by atoms with Gasteiger partial charge in [0.05, 0.1) is 11.9 Å². The van der Waals surface area contributed by atoms with E-state index < -0.39 is 34.3 Å². The minimum absolute atomic E-state index is 0.0173. The van der Waals surface area contributed by atoms with Crippen molar-refractivity contribution in [3.8, 4) is 0 Å². The quantitative estimate of drug-likeness (QED) is 0.377. The van der Waals surface area contributed by atoms with E-state index in [1.807, 2.05) is 44.2 Å². The molecule has 0 bridgehead atoms. The molecule has 38 heavy (non-hydrogen) atoms. The van der Waals surface area contributed by atoms with Crippen LogP contribution in [-0.2, 0) is 32.6 Å². The molecule has 3 rings (SSSR count). The molecule has 0 spiro atoms. The molecular weight excluding hydrogens is 529 g/mol. The number of rotatable bonds is 11. The van der Waals surface area contributed by atoms with Crippen molar-refractivity contribution < 1.29 is 22.4 Å². The lowest BCUT2D eigenvalue weighted by molar-refractivity contribution is -0.140. The van der Waals surface area contributed by atoms with Crippen LogP contribution < -0.4 is 9.62 Å². The van der Waals surface area contributed by atoms with Gasteiger partial charge in [-0.2, -0.15) is 0 Å². The van der Waals surface area contributed by atoms with Gasteiger partial charge < -0.3 is 10.2 Å². The van der Waals surface area contributed by atoms with Crippen LogP contribution in [0.2, 0.25) is 5.02 Å². The number of benzene rings is 3. The molecule has 202 valence electrons.